The quantitative estimate of drug-likeness (QED) is 0.237. The normalized spacial score (nSPS) is 43.0. The van der Waals surface area contributed by atoms with E-state index in [1.165, 1.54) is 0 Å². The average Bonchev–Trinajstić information content (AvgIpc) is 2.19. The SMILES string of the molecule is [N-]=[N+]=NC1CO[C@@](O)(CO)[C@@H](O)[C@H]1O. The van der Waals surface area contributed by atoms with Crippen LogP contribution in [0, 0.1) is 0 Å². The highest BCUT2D eigenvalue weighted by Gasteiger charge is 2.48. The first-order chi connectivity index (χ1) is 6.55. The lowest BCUT2D eigenvalue weighted by atomic mass is 9.96. The van der Waals surface area contributed by atoms with Crippen molar-refractivity contribution in [3.8, 4) is 0 Å². The first kappa shape index (κ1) is 11.2. The van der Waals surface area contributed by atoms with E-state index < -0.39 is 30.6 Å². The van der Waals surface area contributed by atoms with Gasteiger partial charge in [0.25, 0.3) is 0 Å². The molecule has 14 heavy (non-hydrogen) atoms. The van der Waals surface area contributed by atoms with Crippen LogP contribution in [0.3, 0.4) is 0 Å². The van der Waals surface area contributed by atoms with E-state index in [4.69, 9.17) is 15.4 Å². The molecule has 1 unspecified atom stereocenters. The smallest absolute Gasteiger partial charge is 0.218 e. The van der Waals surface area contributed by atoms with Gasteiger partial charge in [0.2, 0.25) is 5.79 Å². The molecule has 80 valence electrons. The first-order valence-corrected chi connectivity index (χ1v) is 3.92. The third-order valence-corrected chi connectivity index (χ3v) is 2.11. The molecule has 1 aliphatic heterocycles. The predicted molar refractivity (Wildman–Crippen MR) is 42.9 cm³/mol. The van der Waals surface area contributed by atoms with E-state index >= 15 is 0 Å². The molecule has 0 spiro atoms. The second-order valence-corrected chi connectivity index (χ2v) is 3.02. The van der Waals surface area contributed by atoms with Gasteiger partial charge in [-0.25, -0.2) is 0 Å². The molecule has 1 aliphatic rings. The monoisotopic (exact) mass is 205 g/mol. The second-order valence-electron chi connectivity index (χ2n) is 3.02. The van der Waals surface area contributed by atoms with Crippen molar-refractivity contribution in [1.82, 2.24) is 0 Å². The molecule has 0 radical (unpaired) electrons. The van der Waals surface area contributed by atoms with Crippen molar-refractivity contribution in [2.45, 2.75) is 24.0 Å². The molecule has 0 amide bonds. The molecule has 4 atom stereocenters. The van der Waals surface area contributed by atoms with Crippen LogP contribution in [0.25, 0.3) is 10.4 Å². The third kappa shape index (κ3) is 1.80. The molecule has 1 heterocycles. The molecule has 4 N–H and O–H groups in total. The van der Waals surface area contributed by atoms with Crippen molar-refractivity contribution in [3.05, 3.63) is 10.4 Å². The fraction of sp³-hybridized carbons (Fsp3) is 1.00. The Morgan fingerprint density at radius 3 is 2.71 bits per heavy atom. The van der Waals surface area contributed by atoms with E-state index in [0.717, 1.165) is 0 Å². The lowest BCUT2D eigenvalue weighted by Gasteiger charge is -2.40. The first-order valence-electron chi connectivity index (χ1n) is 3.92. The van der Waals surface area contributed by atoms with Gasteiger partial charge in [-0.2, -0.15) is 0 Å². The summed E-state index contributed by atoms with van der Waals surface area (Å²) in [7, 11) is 0. The number of hydrogen-bond acceptors (Lipinski definition) is 6. The Kier molecular flexibility index (Phi) is 3.27. The summed E-state index contributed by atoms with van der Waals surface area (Å²) in [6.07, 6.45) is -3.17. The highest BCUT2D eigenvalue weighted by atomic mass is 16.7. The minimum atomic E-state index is -2.19. The van der Waals surface area contributed by atoms with Crippen molar-refractivity contribution < 1.29 is 25.2 Å². The number of aliphatic hydroxyl groups excluding tert-OH is 3. The van der Waals surface area contributed by atoms with Crippen LogP contribution in [0.2, 0.25) is 0 Å². The van der Waals surface area contributed by atoms with Crippen LogP contribution in [0.4, 0.5) is 0 Å². The van der Waals surface area contributed by atoms with Crippen molar-refractivity contribution in [2.75, 3.05) is 13.2 Å². The summed E-state index contributed by atoms with van der Waals surface area (Å²) < 4.78 is 4.69. The minimum absolute atomic E-state index is 0.265. The van der Waals surface area contributed by atoms with Crippen LogP contribution in [0.15, 0.2) is 5.11 Å². The van der Waals surface area contributed by atoms with Gasteiger partial charge < -0.3 is 25.2 Å². The fourth-order valence-corrected chi connectivity index (χ4v) is 1.20. The van der Waals surface area contributed by atoms with Gasteiger partial charge in [0.05, 0.1) is 25.4 Å². The zero-order chi connectivity index (χ0) is 10.8. The van der Waals surface area contributed by atoms with Crippen LogP contribution in [0.1, 0.15) is 0 Å². The Hall–Kier alpha value is -0.890. The lowest BCUT2D eigenvalue weighted by molar-refractivity contribution is -0.315. The number of aliphatic hydroxyl groups is 4. The number of nitrogens with zero attached hydrogens (tertiary/aromatic N) is 3. The van der Waals surface area contributed by atoms with Crippen molar-refractivity contribution in [3.63, 3.8) is 0 Å². The van der Waals surface area contributed by atoms with Gasteiger partial charge in [-0.05, 0) is 5.53 Å². The van der Waals surface area contributed by atoms with Gasteiger partial charge in [-0.1, -0.05) is 5.11 Å². The van der Waals surface area contributed by atoms with Crippen LogP contribution >= 0.6 is 0 Å². The summed E-state index contributed by atoms with van der Waals surface area (Å²) in [6.45, 7) is -1.12. The molecule has 0 aliphatic carbocycles. The largest absolute Gasteiger partial charge is 0.391 e. The molecular weight excluding hydrogens is 194 g/mol. The number of ether oxygens (including phenoxy) is 1. The van der Waals surface area contributed by atoms with Gasteiger partial charge in [-0.3, -0.25) is 0 Å². The molecule has 0 saturated carbocycles. The standard InChI is InChI=1S/C6H11N3O5/c7-9-8-3-1-14-6(13,2-10)5(12)4(3)11/h3-5,10-13H,1-2H2/t3?,4-,5-,6-/m0/s1. The molecule has 0 aromatic heterocycles. The molecule has 1 saturated heterocycles. The van der Waals surface area contributed by atoms with E-state index in [0.29, 0.717) is 0 Å². The van der Waals surface area contributed by atoms with E-state index in [9.17, 15) is 15.3 Å². The maximum atomic E-state index is 9.39. The summed E-state index contributed by atoms with van der Waals surface area (Å²) in [5, 5.41) is 40.0. The average molecular weight is 205 g/mol. The molecule has 0 aromatic carbocycles. The summed E-state index contributed by atoms with van der Waals surface area (Å²) in [4.78, 5) is 2.45. The summed E-state index contributed by atoms with van der Waals surface area (Å²) in [5.74, 6) is -2.19. The van der Waals surface area contributed by atoms with Crippen molar-refractivity contribution in [2.24, 2.45) is 5.11 Å². The highest BCUT2D eigenvalue weighted by Crippen LogP contribution is 2.24. The van der Waals surface area contributed by atoms with Gasteiger partial charge in [0, 0.05) is 4.91 Å². The van der Waals surface area contributed by atoms with E-state index in [-0.39, 0.29) is 6.61 Å². The third-order valence-electron chi connectivity index (χ3n) is 2.11. The Morgan fingerprint density at radius 2 is 2.21 bits per heavy atom. The molecular formula is C6H11N3O5. The van der Waals surface area contributed by atoms with Crippen LogP contribution < -0.4 is 0 Å². The maximum absolute atomic E-state index is 9.39. The molecule has 8 heteroatoms. The van der Waals surface area contributed by atoms with Gasteiger partial charge >= 0.3 is 0 Å². The number of rotatable bonds is 2. The predicted octanol–water partition coefficient (Wildman–Crippen LogP) is -1.90. The topological polar surface area (TPSA) is 139 Å². The zero-order valence-electron chi connectivity index (χ0n) is 7.19. The van der Waals surface area contributed by atoms with Crippen LogP contribution in [0.5, 0.6) is 0 Å². The molecule has 0 bridgehead atoms. The number of azide groups is 1. The van der Waals surface area contributed by atoms with E-state index in [1.54, 1.807) is 0 Å². The van der Waals surface area contributed by atoms with Crippen LogP contribution in [-0.2, 0) is 4.74 Å². The maximum Gasteiger partial charge on any atom is 0.218 e. The summed E-state index contributed by atoms with van der Waals surface area (Å²) in [5.41, 5.74) is 8.11. The molecule has 0 aromatic rings. The lowest BCUT2D eigenvalue weighted by Crippen LogP contribution is -2.62. The van der Waals surface area contributed by atoms with Gasteiger partial charge in [0.1, 0.15) is 6.10 Å². The Morgan fingerprint density at radius 1 is 1.57 bits per heavy atom. The van der Waals surface area contributed by atoms with Crippen molar-refractivity contribution in [1.29, 1.82) is 0 Å². The Labute approximate surface area is 79.0 Å². The second kappa shape index (κ2) is 4.09. The summed E-state index contributed by atoms with van der Waals surface area (Å²) in [6, 6.07) is -0.971. The zero-order valence-corrected chi connectivity index (χ0v) is 7.19. The minimum Gasteiger partial charge on any atom is -0.391 e. The van der Waals surface area contributed by atoms with Crippen LogP contribution in [-0.4, -0.2) is 57.7 Å². The number of hydrogen-bond donors (Lipinski definition) is 4. The van der Waals surface area contributed by atoms with E-state index in [1.807, 2.05) is 0 Å². The molecule has 8 nitrogen and oxygen atoms in total. The highest BCUT2D eigenvalue weighted by molar-refractivity contribution is 4.94. The van der Waals surface area contributed by atoms with E-state index in [2.05, 4.69) is 10.0 Å². The van der Waals surface area contributed by atoms with Gasteiger partial charge in [0.15, 0.2) is 0 Å². The summed E-state index contributed by atoms with van der Waals surface area (Å²) >= 11 is 0. The van der Waals surface area contributed by atoms with Gasteiger partial charge in [-0.15, -0.1) is 0 Å². The molecule has 1 rings (SSSR count). The molecule has 1 fully saturated rings. The Bertz CT molecular complexity index is 256. The fourth-order valence-electron chi connectivity index (χ4n) is 1.20. The van der Waals surface area contributed by atoms with Crippen molar-refractivity contribution >= 4 is 0 Å². The Balaban J connectivity index is 2.78.